The van der Waals surface area contributed by atoms with Crippen molar-refractivity contribution in [2.24, 2.45) is 5.92 Å². The molecule has 1 aliphatic heterocycles. The summed E-state index contributed by atoms with van der Waals surface area (Å²) in [7, 11) is 0. The molecular formula is C16H22BrFN2O. The van der Waals surface area contributed by atoms with Gasteiger partial charge < -0.3 is 10.2 Å². The summed E-state index contributed by atoms with van der Waals surface area (Å²) in [5.41, 5.74) is 0.145. The highest BCUT2D eigenvalue weighted by Crippen LogP contribution is 2.22. The summed E-state index contributed by atoms with van der Waals surface area (Å²) in [5, 5.41) is 3.33. The predicted molar refractivity (Wildman–Crippen MR) is 85.9 cm³/mol. The first-order chi connectivity index (χ1) is 10.0. The first kappa shape index (κ1) is 16.4. The number of amides is 1. The number of nitrogens with one attached hydrogen (secondary N) is 1. The Balaban J connectivity index is 2.17. The Morgan fingerprint density at radius 2 is 2.10 bits per heavy atom. The van der Waals surface area contributed by atoms with Crippen molar-refractivity contribution in [2.75, 3.05) is 19.6 Å². The van der Waals surface area contributed by atoms with E-state index < -0.39 is 5.82 Å². The molecule has 0 atom stereocenters. The third-order valence-corrected chi connectivity index (χ3v) is 4.59. The summed E-state index contributed by atoms with van der Waals surface area (Å²) >= 11 is 3.15. The zero-order valence-corrected chi connectivity index (χ0v) is 14.1. The van der Waals surface area contributed by atoms with E-state index in [0.29, 0.717) is 16.9 Å². The van der Waals surface area contributed by atoms with E-state index in [-0.39, 0.29) is 17.5 Å². The molecule has 1 fully saturated rings. The van der Waals surface area contributed by atoms with Crippen molar-refractivity contribution in [3.63, 3.8) is 0 Å². The number of piperidine rings is 1. The normalized spacial score (nSPS) is 16.2. The quantitative estimate of drug-likeness (QED) is 0.895. The molecule has 1 heterocycles. The molecule has 1 aromatic rings. The number of nitrogens with zero attached hydrogens (tertiary/aromatic N) is 1. The predicted octanol–water partition coefficient (Wildman–Crippen LogP) is 3.44. The van der Waals surface area contributed by atoms with Crippen LogP contribution < -0.4 is 5.32 Å². The Labute approximate surface area is 134 Å². The minimum Gasteiger partial charge on any atom is -0.336 e. The molecule has 0 aromatic heterocycles. The van der Waals surface area contributed by atoms with Crippen molar-refractivity contribution in [1.82, 2.24) is 10.2 Å². The Bertz CT molecular complexity index is 501. The molecule has 1 aliphatic rings. The van der Waals surface area contributed by atoms with Crippen LogP contribution in [-0.2, 0) is 0 Å². The summed E-state index contributed by atoms with van der Waals surface area (Å²) in [6, 6.07) is 4.92. The van der Waals surface area contributed by atoms with Gasteiger partial charge in [0.1, 0.15) is 5.82 Å². The Morgan fingerprint density at radius 3 is 2.71 bits per heavy atom. The largest absolute Gasteiger partial charge is 0.336 e. The van der Waals surface area contributed by atoms with Gasteiger partial charge in [0.15, 0.2) is 0 Å². The van der Waals surface area contributed by atoms with Gasteiger partial charge >= 0.3 is 0 Å². The van der Waals surface area contributed by atoms with Crippen LogP contribution in [0.4, 0.5) is 4.39 Å². The van der Waals surface area contributed by atoms with Gasteiger partial charge in [-0.05, 0) is 73.8 Å². The summed E-state index contributed by atoms with van der Waals surface area (Å²) in [5.74, 6) is -0.200. The lowest BCUT2D eigenvalue weighted by atomic mass is 9.96. The molecular weight excluding hydrogens is 335 g/mol. The molecule has 1 aromatic carbocycles. The van der Waals surface area contributed by atoms with E-state index in [0.717, 1.165) is 25.9 Å². The average molecular weight is 357 g/mol. The lowest BCUT2D eigenvalue weighted by molar-refractivity contribution is 0.0653. The smallest absolute Gasteiger partial charge is 0.257 e. The highest BCUT2D eigenvalue weighted by molar-refractivity contribution is 9.10. The molecule has 0 bridgehead atoms. The fourth-order valence-corrected chi connectivity index (χ4v) is 3.06. The maximum Gasteiger partial charge on any atom is 0.257 e. The zero-order valence-electron chi connectivity index (χ0n) is 12.5. The Hall–Kier alpha value is -0.940. The van der Waals surface area contributed by atoms with Gasteiger partial charge in [-0.2, -0.15) is 0 Å². The number of halogens is 2. The summed E-state index contributed by atoms with van der Waals surface area (Å²) in [6.45, 7) is 6.65. The van der Waals surface area contributed by atoms with Crippen molar-refractivity contribution in [3.8, 4) is 0 Å². The van der Waals surface area contributed by atoms with Gasteiger partial charge in [0.2, 0.25) is 0 Å². The van der Waals surface area contributed by atoms with Crippen LogP contribution in [0.15, 0.2) is 22.7 Å². The molecule has 2 rings (SSSR count). The van der Waals surface area contributed by atoms with Crippen LogP contribution in [-0.4, -0.2) is 36.5 Å². The highest BCUT2D eigenvalue weighted by Gasteiger charge is 2.26. The van der Waals surface area contributed by atoms with Gasteiger partial charge in [0.05, 0.1) is 10.0 Å². The molecule has 3 nitrogen and oxygen atoms in total. The van der Waals surface area contributed by atoms with Crippen LogP contribution in [0.5, 0.6) is 0 Å². The lowest BCUT2D eigenvalue weighted by Crippen LogP contribution is -2.43. The second kappa shape index (κ2) is 7.36. The molecule has 1 amide bonds. The minimum absolute atomic E-state index is 0.0609. The first-order valence-electron chi connectivity index (χ1n) is 7.46. The third-order valence-electron chi connectivity index (χ3n) is 3.98. The zero-order chi connectivity index (χ0) is 15.4. The molecule has 0 unspecified atom stereocenters. The van der Waals surface area contributed by atoms with Crippen molar-refractivity contribution in [1.29, 1.82) is 0 Å². The molecule has 5 heteroatoms. The maximum absolute atomic E-state index is 14.2. The SMILES string of the molecule is CC(C)N(CC1CCNCC1)C(=O)c1cccc(Br)c1F. The van der Waals surface area contributed by atoms with Crippen LogP contribution in [0.2, 0.25) is 0 Å². The fourth-order valence-electron chi connectivity index (χ4n) is 2.69. The molecule has 21 heavy (non-hydrogen) atoms. The number of hydrogen-bond acceptors (Lipinski definition) is 2. The van der Waals surface area contributed by atoms with E-state index in [2.05, 4.69) is 21.2 Å². The van der Waals surface area contributed by atoms with Gasteiger partial charge in [-0.25, -0.2) is 4.39 Å². The second-order valence-electron chi connectivity index (χ2n) is 5.85. The van der Waals surface area contributed by atoms with E-state index >= 15 is 0 Å². The topological polar surface area (TPSA) is 32.3 Å². The van der Waals surface area contributed by atoms with Crippen LogP contribution in [0, 0.1) is 11.7 Å². The number of carbonyl (C=O) groups excluding carboxylic acids is 1. The molecule has 0 aliphatic carbocycles. The summed E-state index contributed by atoms with van der Waals surface area (Å²) in [4.78, 5) is 14.5. The third kappa shape index (κ3) is 4.04. The molecule has 1 N–H and O–H groups in total. The summed E-state index contributed by atoms with van der Waals surface area (Å²) in [6.07, 6.45) is 2.13. The van der Waals surface area contributed by atoms with E-state index in [1.807, 2.05) is 13.8 Å². The summed E-state index contributed by atoms with van der Waals surface area (Å²) < 4.78 is 14.5. The van der Waals surface area contributed by atoms with Gasteiger partial charge in [-0.1, -0.05) is 6.07 Å². The van der Waals surface area contributed by atoms with Crippen LogP contribution >= 0.6 is 15.9 Å². The fraction of sp³-hybridized carbons (Fsp3) is 0.562. The van der Waals surface area contributed by atoms with Gasteiger partial charge in [0.25, 0.3) is 5.91 Å². The van der Waals surface area contributed by atoms with Crippen molar-refractivity contribution in [2.45, 2.75) is 32.7 Å². The van der Waals surface area contributed by atoms with Crippen LogP contribution in [0.3, 0.4) is 0 Å². The lowest BCUT2D eigenvalue weighted by Gasteiger charge is -2.33. The minimum atomic E-state index is -0.474. The highest BCUT2D eigenvalue weighted by atomic mass is 79.9. The Kier molecular flexibility index (Phi) is 5.76. The number of benzene rings is 1. The van der Waals surface area contributed by atoms with Crippen molar-refractivity contribution < 1.29 is 9.18 Å². The van der Waals surface area contributed by atoms with Crippen molar-refractivity contribution >= 4 is 21.8 Å². The number of rotatable bonds is 4. The first-order valence-corrected chi connectivity index (χ1v) is 8.25. The molecule has 0 radical (unpaired) electrons. The van der Waals surface area contributed by atoms with E-state index in [9.17, 15) is 9.18 Å². The van der Waals surface area contributed by atoms with E-state index in [4.69, 9.17) is 0 Å². The van der Waals surface area contributed by atoms with Gasteiger partial charge in [0, 0.05) is 12.6 Å². The second-order valence-corrected chi connectivity index (χ2v) is 6.70. The van der Waals surface area contributed by atoms with Crippen molar-refractivity contribution in [3.05, 3.63) is 34.1 Å². The monoisotopic (exact) mass is 356 g/mol. The van der Waals surface area contributed by atoms with E-state index in [1.165, 1.54) is 0 Å². The van der Waals surface area contributed by atoms with Crippen LogP contribution in [0.25, 0.3) is 0 Å². The molecule has 1 saturated heterocycles. The number of carbonyl (C=O) groups is 1. The standard InChI is InChI=1S/C16H22BrFN2O/c1-11(2)20(10-12-6-8-19-9-7-12)16(21)13-4-3-5-14(17)15(13)18/h3-5,11-12,19H,6-10H2,1-2H3. The maximum atomic E-state index is 14.2. The van der Waals surface area contributed by atoms with Gasteiger partial charge in [-0.15, -0.1) is 0 Å². The van der Waals surface area contributed by atoms with Gasteiger partial charge in [-0.3, -0.25) is 4.79 Å². The molecule has 116 valence electrons. The molecule has 0 saturated carbocycles. The average Bonchev–Trinajstić information content (AvgIpc) is 2.48. The number of hydrogen-bond donors (Lipinski definition) is 1. The van der Waals surface area contributed by atoms with Crippen LogP contribution in [0.1, 0.15) is 37.0 Å². The molecule has 0 spiro atoms. The van der Waals surface area contributed by atoms with E-state index in [1.54, 1.807) is 23.1 Å². The Morgan fingerprint density at radius 1 is 1.43 bits per heavy atom.